The van der Waals surface area contributed by atoms with E-state index < -0.39 is 23.2 Å². The van der Waals surface area contributed by atoms with E-state index in [4.69, 9.17) is 9.47 Å². The number of hydrogen-bond donors (Lipinski definition) is 1. The zero-order chi connectivity index (χ0) is 20.3. The second-order valence-corrected chi connectivity index (χ2v) is 5.82. The number of ether oxygens (including phenoxy) is 2. The molecule has 0 spiro atoms. The van der Waals surface area contributed by atoms with Crippen LogP contribution in [0.2, 0.25) is 0 Å². The topological polar surface area (TPSA) is 107 Å². The summed E-state index contributed by atoms with van der Waals surface area (Å²) in [5, 5.41) is 0.238. The van der Waals surface area contributed by atoms with Crippen LogP contribution in [-0.2, 0) is 9.47 Å². The van der Waals surface area contributed by atoms with Gasteiger partial charge in [0, 0.05) is 0 Å². The molecule has 0 bridgehead atoms. The first-order valence-electron chi connectivity index (χ1n) is 8.70. The van der Waals surface area contributed by atoms with Gasteiger partial charge in [-0.1, -0.05) is 0 Å². The number of nitrogens with zero attached hydrogens (tertiary/aromatic N) is 1. The van der Waals surface area contributed by atoms with Crippen molar-refractivity contribution in [3.05, 3.63) is 74.4 Å². The van der Waals surface area contributed by atoms with Gasteiger partial charge in [-0.15, -0.1) is 0 Å². The molecule has 1 heterocycles. The molecule has 8 heteroatoms. The monoisotopic (exact) mass is 382 g/mol. The number of hydrogen-bond acceptors (Lipinski definition) is 6. The predicted molar refractivity (Wildman–Crippen MR) is 102 cm³/mol. The van der Waals surface area contributed by atoms with Crippen molar-refractivity contribution in [2.45, 2.75) is 13.8 Å². The first-order chi connectivity index (χ1) is 13.5. The van der Waals surface area contributed by atoms with E-state index in [-0.39, 0.29) is 29.7 Å². The fourth-order valence-corrected chi connectivity index (χ4v) is 2.75. The lowest BCUT2D eigenvalue weighted by molar-refractivity contribution is 0.0517. The van der Waals surface area contributed by atoms with Crippen LogP contribution < -0.4 is 11.2 Å². The maximum Gasteiger partial charge on any atom is 0.338 e. The second-order valence-electron chi connectivity index (χ2n) is 5.82. The van der Waals surface area contributed by atoms with E-state index in [0.717, 1.165) is 4.57 Å². The van der Waals surface area contributed by atoms with Crippen LogP contribution in [0.1, 0.15) is 34.6 Å². The third-order valence-electron chi connectivity index (χ3n) is 4.05. The largest absolute Gasteiger partial charge is 0.462 e. The Hall–Kier alpha value is -3.68. The molecular weight excluding hydrogens is 364 g/mol. The minimum Gasteiger partial charge on any atom is -0.462 e. The standard InChI is InChI=1S/C20H18N2O6/c1-3-27-18(24)12-5-8-14(9-6-12)22-17(23)15-10-7-13(19(25)28-4-2)11-16(15)21-20(22)26/h5-11H,3-4H2,1-2H3,(H,21,26). The lowest BCUT2D eigenvalue weighted by atomic mass is 10.1. The normalized spacial score (nSPS) is 10.6. The van der Waals surface area contributed by atoms with Gasteiger partial charge in [0.1, 0.15) is 0 Å². The van der Waals surface area contributed by atoms with Crippen LogP contribution in [0.25, 0.3) is 16.6 Å². The van der Waals surface area contributed by atoms with E-state index in [2.05, 4.69) is 4.98 Å². The molecule has 0 saturated heterocycles. The van der Waals surface area contributed by atoms with Crippen LogP contribution in [0.3, 0.4) is 0 Å². The molecular formula is C20H18N2O6. The van der Waals surface area contributed by atoms with Gasteiger partial charge in [-0.05, 0) is 56.3 Å². The summed E-state index contributed by atoms with van der Waals surface area (Å²) in [7, 11) is 0. The summed E-state index contributed by atoms with van der Waals surface area (Å²) in [6, 6.07) is 10.3. The number of nitrogens with one attached hydrogen (secondary N) is 1. The number of H-pyrrole nitrogens is 1. The van der Waals surface area contributed by atoms with Gasteiger partial charge >= 0.3 is 17.6 Å². The molecule has 0 aliphatic heterocycles. The summed E-state index contributed by atoms with van der Waals surface area (Å²) < 4.78 is 10.8. The number of aromatic nitrogens is 2. The molecule has 0 saturated carbocycles. The summed E-state index contributed by atoms with van der Waals surface area (Å²) in [5.41, 5.74) is -0.119. The molecule has 0 atom stereocenters. The maximum atomic E-state index is 12.8. The molecule has 0 fully saturated rings. The lowest BCUT2D eigenvalue weighted by Crippen LogP contribution is -2.33. The highest BCUT2D eigenvalue weighted by Crippen LogP contribution is 2.13. The molecule has 2 aromatic carbocycles. The number of esters is 2. The zero-order valence-corrected chi connectivity index (χ0v) is 15.4. The Bertz CT molecular complexity index is 1160. The third kappa shape index (κ3) is 3.57. The van der Waals surface area contributed by atoms with Crippen LogP contribution in [0.4, 0.5) is 0 Å². The Morgan fingerprint density at radius 1 is 0.893 bits per heavy atom. The van der Waals surface area contributed by atoms with Crippen molar-refractivity contribution in [3.63, 3.8) is 0 Å². The molecule has 1 aromatic heterocycles. The van der Waals surface area contributed by atoms with Crippen molar-refractivity contribution in [3.8, 4) is 5.69 Å². The van der Waals surface area contributed by atoms with Gasteiger partial charge in [-0.25, -0.2) is 19.0 Å². The van der Waals surface area contributed by atoms with Crippen LogP contribution in [-0.4, -0.2) is 34.7 Å². The molecule has 0 amide bonds. The first kappa shape index (κ1) is 19.1. The second kappa shape index (κ2) is 7.91. The highest BCUT2D eigenvalue weighted by molar-refractivity contribution is 5.94. The fraction of sp³-hybridized carbons (Fsp3) is 0.200. The van der Waals surface area contributed by atoms with Crippen LogP contribution in [0, 0.1) is 0 Å². The maximum absolute atomic E-state index is 12.8. The minimum absolute atomic E-state index is 0.219. The smallest absolute Gasteiger partial charge is 0.338 e. The van der Waals surface area contributed by atoms with Crippen LogP contribution in [0.5, 0.6) is 0 Å². The van der Waals surface area contributed by atoms with Crippen molar-refractivity contribution in [2.24, 2.45) is 0 Å². The Morgan fingerprint density at radius 3 is 2.07 bits per heavy atom. The number of rotatable bonds is 5. The molecule has 3 rings (SSSR count). The summed E-state index contributed by atoms with van der Waals surface area (Å²) in [6.45, 7) is 3.86. The number of benzene rings is 2. The van der Waals surface area contributed by atoms with Gasteiger partial charge in [0.05, 0.1) is 40.9 Å². The predicted octanol–water partition coefficient (Wildman–Crippen LogP) is 2.03. The molecule has 0 aliphatic carbocycles. The minimum atomic E-state index is -0.664. The Kier molecular flexibility index (Phi) is 5.39. The molecule has 8 nitrogen and oxygen atoms in total. The average molecular weight is 382 g/mol. The van der Waals surface area contributed by atoms with Crippen LogP contribution in [0.15, 0.2) is 52.1 Å². The summed E-state index contributed by atoms with van der Waals surface area (Å²) in [4.78, 5) is 51.5. The highest BCUT2D eigenvalue weighted by Gasteiger charge is 2.14. The van der Waals surface area contributed by atoms with E-state index in [0.29, 0.717) is 11.3 Å². The molecule has 0 aliphatic rings. The van der Waals surface area contributed by atoms with Crippen molar-refractivity contribution in [1.82, 2.24) is 9.55 Å². The van der Waals surface area contributed by atoms with Crippen molar-refractivity contribution >= 4 is 22.8 Å². The molecule has 0 radical (unpaired) electrons. The van der Waals surface area contributed by atoms with Gasteiger partial charge in [-0.3, -0.25) is 4.79 Å². The van der Waals surface area contributed by atoms with E-state index in [1.807, 2.05) is 0 Å². The van der Waals surface area contributed by atoms with Gasteiger partial charge < -0.3 is 14.5 Å². The van der Waals surface area contributed by atoms with Gasteiger partial charge in [0.15, 0.2) is 0 Å². The zero-order valence-electron chi connectivity index (χ0n) is 15.4. The third-order valence-corrected chi connectivity index (χ3v) is 4.05. The fourth-order valence-electron chi connectivity index (χ4n) is 2.75. The van der Waals surface area contributed by atoms with Crippen molar-refractivity contribution in [2.75, 3.05) is 13.2 Å². The Labute approximate surface area is 159 Å². The molecule has 3 aromatic rings. The summed E-state index contributed by atoms with van der Waals surface area (Å²) in [5.74, 6) is -1.02. The summed E-state index contributed by atoms with van der Waals surface area (Å²) in [6.07, 6.45) is 0. The highest BCUT2D eigenvalue weighted by atomic mass is 16.5. The quantitative estimate of drug-likeness (QED) is 0.677. The first-order valence-corrected chi connectivity index (χ1v) is 8.70. The molecule has 0 unspecified atom stereocenters. The SMILES string of the molecule is CCOC(=O)c1ccc(-n2c(=O)[nH]c3cc(C(=O)OCC)ccc3c2=O)cc1. The Balaban J connectivity index is 2.06. The van der Waals surface area contributed by atoms with E-state index in [9.17, 15) is 19.2 Å². The number of aromatic amines is 1. The number of carbonyl (C=O) groups is 2. The van der Waals surface area contributed by atoms with Crippen molar-refractivity contribution in [1.29, 1.82) is 0 Å². The number of fused-ring (bicyclic) bond motifs is 1. The molecule has 1 N–H and O–H groups in total. The van der Waals surface area contributed by atoms with Crippen molar-refractivity contribution < 1.29 is 19.1 Å². The van der Waals surface area contributed by atoms with E-state index in [1.165, 1.54) is 42.5 Å². The van der Waals surface area contributed by atoms with Crippen LogP contribution >= 0.6 is 0 Å². The lowest BCUT2D eigenvalue weighted by Gasteiger charge is -2.08. The summed E-state index contributed by atoms with van der Waals surface area (Å²) >= 11 is 0. The molecule has 28 heavy (non-hydrogen) atoms. The molecule has 144 valence electrons. The number of carbonyl (C=O) groups excluding carboxylic acids is 2. The van der Waals surface area contributed by atoms with E-state index in [1.54, 1.807) is 13.8 Å². The van der Waals surface area contributed by atoms with E-state index >= 15 is 0 Å². The van der Waals surface area contributed by atoms with Gasteiger partial charge in [0.2, 0.25) is 0 Å². The van der Waals surface area contributed by atoms with Gasteiger partial charge in [-0.2, -0.15) is 0 Å². The van der Waals surface area contributed by atoms with Gasteiger partial charge in [0.25, 0.3) is 5.56 Å². The average Bonchev–Trinajstić information content (AvgIpc) is 2.68. The Morgan fingerprint density at radius 2 is 1.46 bits per heavy atom.